The van der Waals surface area contributed by atoms with Gasteiger partial charge in [0, 0.05) is 28.7 Å². The van der Waals surface area contributed by atoms with Crippen LogP contribution < -0.4 is 5.73 Å². The van der Waals surface area contributed by atoms with Gasteiger partial charge in [-0.1, -0.05) is 25.3 Å². The van der Waals surface area contributed by atoms with Gasteiger partial charge in [0.2, 0.25) is 0 Å². The number of hydrogen-bond acceptors (Lipinski definition) is 4. The van der Waals surface area contributed by atoms with Gasteiger partial charge >= 0.3 is 0 Å². The van der Waals surface area contributed by atoms with E-state index in [1.807, 2.05) is 18.3 Å². The molecular formula is C17H30N4Ni. The Kier molecular flexibility index (Phi) is 7.47. The zero-order valence-electron chi connectivity index (χ0n) is 14.2. The number of likely N-dealkylation sites (N-methyl/N-ethyl adjacent to an activating group) is 2. The summed E-state index contributed by atoms with van der Waals surface area (Å²) in [6.07, 6.45) is 8.38. The van der Waals surface area contributed by atoms with Crippen LogP contribution in [0.15, 0.2) is 24.4 Å². The van der Waals surface area contributed by atoms with Gasteiger partial charge in [-0.05, 0) is 59.1 Å². The van der Waals surface area contributed by atoms with Crippen LogP contribution in [0.4, 0.5) is 0 Å². The maximum Gasteiger partial charge on any atom is 0.128 e. The topological polar surface area (TPSA) is 45.4 Å². The molecule has 1 aliphatic rings. The largest absolute Gasteiger partial charge is 0.307 e. The third-order valence-corrected chi connectivity index (χ3v) is 4.92. The van der Waals surface area contributed by atoms with E-state index in [0.717, 1.165) is 5.69 Å². The van der Waals surface area contributed by atoms with Crippen molar-refractivity contribution in [2.45, 2.75) is 43.8 Å². The quantitative estimate of drug-likeness (QED) is 0.654. The fourth-order valence-electron chi connectivity index (χ4n) is 3.87. The molecule has 1 saturated carbocycles. The minimum absolute atomic E-state index is 0. The van der Waals surface area contributed by atoms with Crippen LogP contribution in [-0.4, -0.2) is 49.0 Å². The number of aromatic nitrogens is 1. The summed E-state index contributed by atoms with van der Waals surface area (Å²) in [6.45, 7) is 0. The van der Waals surface area contributed by atoms with Gasteiger partial charge in [-0.15, -0.1) is 0 Å². The normalized spacial score (nSPS) is 20.5. The average molecular weight is 349 g/mol. The van der Waals surface area contributed by atoms with Gasteiger partial charge in [0.05, 0.1) is 5.69 Å². The van der Waals surface area contributed by atoms with E-state index in [2.05, 4.69) is 49.0 Å². The van der Waals surface area contributed by atoms with Crippen molar-refractivity contribution in [3.63, 3.8) is 0 Å². The molecular weight excluding hydrogens is 319 g/mol. The van der Waals surface area contributed by atoms with Crippen molar-refractivity contribution >= 4 is 0 Å². The first-order chi connectivity index (χ1) is 9.98. The van der Waals surface area contributed by atoms with Crippen molar-refractivity contribution in [2.75, 3.05) is 28.2 Å². The van der Waals surface area contributed by atoms with Gasteiger partial charge in [0.1, 0.15) is 5.66 Å². The van der Waals surface area contributed by atoms with Gasteiger partial charge in [-0.25, -0.2) is 0 Å². The number of nitrogens with zero attached hydrogens (tertiary/aromatic N) is 3. The third-order valence-electron chi connectivity index (χ3n) is 4.92. The predicted molar refractivity (Wildman–Crippen MR) is 87.8 cm³/mol. The molecule has 2 unspecified atom stereocenters. The van der Waals surface area contributed by atoms with Gasteiger partial charge in [0.15, 0.2) is 0 Å². The molecule has 0 aromatic carbocycles. The monoisotopic (exact) mass is 348 g/mol. The molecule has 5 heteroatoms. The maximum atomic E-state index is 6.96. The molecule has 0 radical (unpaired) electrons. The van der Waals surface area contributed by atoms with E-state index in [1.54, 1.807) is 0 Å². The van der Waals surface area contributed by atoms with Crippen molar-refractivity contribution < 1.29 is 16.5 Å². The molecule has 1 aromatic rings. The average Bonchev–Trinajstić information content (AvgIpc) is 2.48. The Morgan fingerprint density at radius 2 is 1.77 bits per heavy atom. The molecule has 0 saturated heterocycles. The standard InChI is InChI=1S/C17H30N4.Ni/c1-20(2)16(14-10-6-5-7-11-14)17(18,21(3)4)15-12-8-9-13-19-15;/h8-9,12-14,16H,5-7,10-11,18H2,1-4H3;. The summed E-state index contributed by atoms with van der Waals surface area (Å²) >= 11 is 0. The van der Waals surface area contributed by atoms with E-state index < -0.39 is 5.66 Å². The van der Waals surface area contributed by atoms with Crippen LogP contribution in [-0.2, 0) is 22.2 Å². The fourth-order valence-corrected chi connectivity index (χ4v) is 3.87. The van der Waals surface area contributed by atoms with Crippen molar-refractivity contribution in [1.29, 1.82) is 0 Å². The molecule has 1 aliphatic carbocycles. The molecule has 22 heavy (non-hydrogen) atoms. The van der Waals surface area contributed by atoms with Crippen LogP contribution in [0.1, 0.15) is 37.8 Å². The number of nitrogens with two attached hydrogens (primary N) is 1. The van der Waals surface area contributed by atoms with Gasteiger partial charge in [-0.2, -0.15) is 0 Å². The summed E-state index contributed by atoms with van der Waals surface area (Å²) in [7, 11) is 8.42. The zero-order valence-corrected chi connectivity index (χ0v) is 15.2. The van der Waals surface area contributed by atoms with Crippen molar-refractivity contribution in [3.05, 3.63) is 30.1 Å². The van der Waals surface area contributed by atoms with Crippen molar-refractivity contribution in [1.82, 2.24) is 14.8 Å². The molecule has 1 heterocycles. The number of hydrogen-bond donors (Lipinski definition) is 1. The van der Waals surface area contributed by atoms with E-state index in [9.17, 15) is 0 Å². The van der Waals surface area contributed by atoms with E-state index >= 15 is 0 Å². The molecule has 0 bridgehead atoms. The summed E-state index contributed by atoms with van der Waals surface area (Å²) < 4.78 is 0. The van der Waals surface area contributed by atoms with Crippen LogP contribution in [0.3, 0.4) is 0 Å². The molecule has 2 atom stereocenters. The van der Waals surface area contributed by atoms with Crippen LogP contribution in [0.5, 0.6) is 0 Å². The third kappa shape index (κ3) is 3.89. The molecule has 2 N–H and O–H groups in total. The SMILES string of the molecule is CN(C)C(C1CCCCC1)C(N)(c1ccccn1)N(C)C.[Ni]. The second-order valence-electron chi connectivity index (χ2n) is 6.74. The molecule has 0 aliphatic heterocycles. The Labute approximate surface area is 145 Å². The molecule has 4 nitrogen and oxygen atoms in total. The molecule has 1 fully saturated rings. The first-order valence-electron chi connectivity index (χ1n) is 8.02. The van der Waals surface area contributed by atoms with Gasteiger partial charge < -0.3 is 10.6 Å². The Bertz CT molecular complexity index is 432. The molecule has 0 spiro atoms. The molecule has 0 amide bonds. The van der Waals surface area contributed by atoms with Crippen LogP contribution in [0.2, 0.25) is 0 Å². The molecule has 128 valence electrons. The van der Waals surface area contributed by atoms with E-state index in [4.69, 9.17) is 5.73 Å². The van der Waals surface area contributed by atoms with Crippen LogP contribution in [0, 0.1) is 5.92 Å². The Morgan fingerprint density at radius 1 is 1.14 bits per heavy atom. The molecule has 2 rings (SSSR count). The first kappa shape index (κ1) is 19.6. The van der Waals surface area contributed by atoms with Gasteiger partial charge in [-0.3, -0.25) is 9.88 Å². The first-order valence-corrected chi connectivity index (χ1v) is 8.02. The van der Waals surface area contributed by atoms with Crippen LogP contribution >= 0.6 is 0 Å². The van der Waals surface area contributed by atoms with Crippen molar-refractivity contribution in [3.8, 4) is 0 Å². The minimum Gasteiger partial charge on any atom is -0.307 e. The maximum absolute atomic E-state index is 6.96. The minimum atomic E-state index is -0.563. The smallest absolute Gasteiger partial charge is 0.128 e. The summed E-state index contributed by atoms with van der Waals surface area (Å²) in [5.41, 5.74) is 7.35. The second kappa shape index (κ2) is 8.40. The van der Waals surface area contributed by atoms with Crippen molar-refractivity contribution in [2.24, 2.45) is 11.7 Å². The summed E-state index contributed by atoms with van der Waals surface area (Å²) in [5, 5.41) is 0. The molecule has 1 aromatic heterocycles. The number of pyridine rings is 1. The Hall–Kier alpha value is -0.476. The number of rotatable bonds is 5. The van der Waals surface area contributed by atoms with E-state index in [1.165, 1.54) is 32.1 Å². The van der Waals surface area contributed by atoms with Gasteiger partial charge in [0.25, 0.3) is 0 Å². The second-order valence-corrected chi connectivity index (χ2v) is 6.74. The Balaban J connectivity index is 0.00000242. The van der Waals surface area contributed by atoms with E-state index in [0.29, 0.717) is 5.92 Å². The zero-order chi connectivity index (χ0) is 15.5. The summed E-state index contributed by atoms with van der Waals surface area (Å²) in [4.78, 5) is 9.01. The summed E-state index contributed by atoms with van der Waals surface area (Å²) in [5.74, 6) is 0.628. The fraction of sp³-hybridized carbons (Fsp3) is 0.706. The van der Waals surface area contributed by atoms with E-state index in [-0.39, 0.29) is 22.5 Å². The Morgan fingerprint density at radius 3 is 2.23 bits per heavy atom. The van der Waals surface area contributed by atoms with Crippen LogP contribution in [0.25, 0.3) is 0 Å². The summed E-state index contributed by atoms with van der Waals surface area (Å²) in [6, 6.07) is 6.30. The predicted octanol–water partition coefficient (Wildman–Crippen LogP) is 2.26.